The fraction of sp³-hybridized carbons (Fsp3) is 0.348. The molecule has 2 aromatic carbocycles. The molecule has 162 valence electrons. The first kappa shape index (κ1) is 20.9. The largest absolute Gasteiger partial charge is 0.426 e. The van der Waals surface area contributed by atoms with Crippen LogP contribution >= 0.6 is 0 Å². The molecule has 1 atom stereocenters. The highest BCUT2D eigenvalue weighted by Crippen LogP contribution is 2.29. The van der Waals surface area contributed by atoms with Gasteiger partial charge in [-0.3, -0.25) is 14.4 Å². The molecule has 2 aliphatic rings. The molecule has 8 nitrogen and oxygen atoms in total. The Morgan fingerprint density at radius 2 is 1.94 bits per heavy atom. The van der Waals surface area contributed by atoms with E-state index in [1.54, 1.807) is 30.2 Å². The molecule has 2 amide bonds. The van der Waals surface area contributed by atoms with Gasteiger partial charge in [0.2, 0.25) is 0 Å². The van der Waals surface area contributed by atoms with Gasteiger partial charge < -0.3 is 24.6 Å². The number of fused-ring (bicyclic) bond motifs is 1. The minimum absolute atomic E-state index is 0.119. The van der Waals surface area contributed by atoms with Crippen molar-refractivity contribution >= 4 is 29.2 Å². The van der Waals surface area contributed by atoms with E-state index in [9.17, 15) is 14.4 Å². The lowest BCUT2D eigenvalue weighted by molar-refractivity contribution is -0.144. The minimum atomic E-state index is -0.700. The number of rotatable bonds is 4. The van der Waals surface area contributed by atoms with Crippen molar-refractivity contribution in [2.45, 2.75) is 26.0 Å². The van der Waals surface area contributed by atoms with E-state index in [1.165, 1.54) is 0 Å². The maximum absolute atomic E-state index is 12.8. The number of methoxy groups -OCH3 is 1. The zero-order valence-corrected chi connectivity index (χ0v) is 17.6. The van der Waals surface area contributed by atoms with Crippen LogP contribution in [0.3, 0.4) is 0 Å². The first-order valence-electron chi connectivity index (χ1n) is 10.2. The maximum Gasteiger partial charge on any atom is 0.315 e. The minimum Gasteiger partial charge on any atom is -0.426 e. The summed E-state index contributed by atoms with van der Waals surface area (Å²) < 4.78 is 10.2. The third kappa shape index (κ3) is 4.54. The van der Waals surface area contributed by atoms with Crippen LogP contribution in [0, 0.1) is 0 Å². The van der Waals surface area contributed by atoms with E-state index in [4.69, 9.17) is 9.47 Å². The lowest BCUT2D eigenvalue weighted by Crippen LogP contribution is -2.56. The van der Waals surface area contributed by atoms with Crippen LogP contribution in [0.15, 0.2) is 42.5 Å². The lowest BCUT2D eigenvalue weighted by atomic mass is 10.1. The number of anilines is 2. The third-order valence-electron chi connectivity index (χ3n) is 5.58. The number of esters is 1. The Bertz CT molecular complexity index is 1000. The molecule has 0 radical (unpaired) electrons. The highest BCUT2D eigenvalue weighted by Gasteiger charge is 2.31. The summed E-state index contributed by atoms with van der Waals surface area (Å²) in [6, 6.07) is 13.0. The number of nitrogens with zero attached hydrogens (tertiary/aromatic N) is 2. The Balaban J connectivity index is 1.35. The summed E-state index contributed by atoms with van der Waals surface area (Å²) in [7, 11) is 1.67. The molecular weight excluding hydrogens is 398 g/mol. The van der Waals surface area contributed by atoms with E-state index in [0.717, 1.165) is 16.8 Å². The van der Waals surface area contributed by atoms with Crippen molar-refractivity contribution in [3.05, 3.63) is 53.6 Å². The molecule has 1 saturated heterocycles. The Hall–Kier alpha value is -3.39. The number of nitrogens with one attached hydrogen (secondary N) is 1. The van der Waals surface area contributed by atoms with Crippen LogP contribution in [0.1, 0.15) is 18.1 Å². The second-order valence-electron chi connectivity index (χ2n) is 7.82. The summed E-state index contributed by atoms with van der Waals surface area (Å²) in [5, 5.41) is 2.62. The van der Waals surface area contributed by atoms with E-state index in [0.29, 0.717) is 37.7 Å². The van der Waals surface area contributed by atoms with Crippen LogP contribution in [-0.4, -0.2) is 55.5 Å². The van der Waals surface area contributed by atoms with Gasteiger partial charge in [0, 0.05) is 55.8 Å². The van der Waals surface area contributed by atoms with Crippen LogP contribution in [0.2, 0.25) is 0 Å². The number of benzene rings is 2. The first-order valence-corrected chi connectivity index (χ1v) is 10.2. The fourth-order valence-electron chi connectivity index (χ4n) is 3.97. The van der Waals surface area contributed by atoms with Gasteiger partial charge in [0.1, 0.15) is 5.75 Å². The molecule has 0 saturated carbocycles. The highest BCUT2D eigenvalue weighted by atomic mass is 16.5. The number of carbonyl (C=O) groups is 3. The normalized spacial score (nSPS) is 17.9. The number of amides is 2. The molecule has 0 aromatic heterocycles. The van der Waals surface area contributed by atoms with E-state index in [-0.39, 0.29) is 18.4 Å². The quantitative estimate of drug-likeness (QED) is 0.460. The van der Waals surface area contributed by atoms with Crippen LogP contribution in [-0.2, 0) is 32.1 Å². The van der Waals surface area contributed by atoms with Crippen molar-refractivity contribution in [1.29, 1.82) is 0 Å². The molecule has 2 aromatic rings. The van der Waals surface area contributed by atoms with Crippen molar-refractivity contribution in [2.75, 3.05) is 37.0 Å². The maximum atomic E-state index is 12.8. The molecule has 0 bridgehead atoms. The van der Waals surface area contributed by atoms with Gasteiger partial charge in [-0.2, -0.15) is 0 Å². The van der Waals surface area contributed by atoms with Gasteiger partial charge in [-0.15, -0.1) is 0 Å². The smallest absolute Gasteiger partial charge is 0.315 e. The molecule has 1 fully saturated rings. The third-order valence-corrected chi connectivity index (χ3v) is 5.58. The average Bonchev–Trinajstić information content (AvgIpc) is 3.13. The van der Waals surface area contributed by atoms with Gasteiger partial charge in [-0.1, -0.05) is 18.2 Å². The summed E-state index contributed by atoms with van der Waals surface area (Å²) in [4.78, 5) is 40.5. The molecule has 0 aliphatic carbocycles. The number of hydrogen-bond acceptors (Lipinski definition) is 6. The second-order valence-corrected chi connectivity index (χ2v) is 7.82. The van der Waals surface area contributed by atoms with Crippen molar-refractivity contribution < 1.29 is 23.9 Å². The number of ether oxygens (including phenoxy) is 2. The highest BCUT2D eigenvalue weighted by molar-refractivity contribution is 6.39. The molecular formula is C23H25N3O5. The van der Waals surface area contributed by atoms with Crippen LogP contribution < -0.4 is 15.0 Å². The fourth-order valence-corrected chi connectivity index (χ4v) is 3.97. The zero-order valence-electron chi connectivity index (χ0n) is 17.6. The monoisotopic (exact) mass is 423 g/mol. The zero-order chi connectivity index (χ0) is 22.0. The average molecular weight is 423 g/mol. The molecule has 2 heterocycles. The van der Waals surface area contributed by atoms with Gasteiger partial charge >= 0.3 is 17.8 Å². The molecule has 2 aliphatic heterocycles. The predicted octanol–water partition coefficient (Wildman–Crippen LogP) is 1.97. The number of piperazine rings is 1. The SMILES string of the molecule is COCc1ccc(N2CCN(C(=O)C(=O)Nc3ccc4c(c3)OC(=O)C4)[C@H](C)C2)cc1. The topological polar surface area (TPSA) is 88.2 Å². The summed E-state index contributed by atoms with van der Waals surface area (Å²) >= 11 is 0. The van der Waals surface area contributed by atoms with Gasteiger partial charge in [0.05, 0.1) is 13.0 Å². The van der Waals surface area contributed by atoms with E-state index < -0.39 is 11.8 Å². The van der Waals surface area contributed by atoms with E-state index >= 15 is 0 Å². The summed E-state index contributed by atoms with van der Waals surface area (Å²) in [5.74, 6) is -1.17. The Morgan fingerprint density at radius 1 is 1.16 bits per heavy atom. The molecule has 0 unspecified atom stereocenters. The molecule has 31 heavy (non-hydrogen) atoms. The Labute approximate surface area is 180 Å². The lowest BCUT2D eigenvalue weighted by Gasteiger charge is -2.40. The van der Waals surface area contributed by atoms with Gasteiger partial charge in [0.15, 0.2) is 0 Å². The van der Waals surface area contributed by atoms with Gasteiger partial charge in [-0.05, 0) is 30.7 Å². The Morgan fingerprint density at radius 3 is 2.65 bits per heavy atom. The van der Waals surface area contributed by atoms with Crippen molar-refractivity contribution in [3.63, 3.8) is 0 Å². The van der Waals surface area contributed by atoms with Crippen molar-refractivity contribution in [1.82, 2.24) is 4.90 Å². The standard InChI is InChI=1S/C23H25N3O5/c1-15-13-25(19-7-3-16(4-8-19)14-30-2)9-10-26(15)23(29)22(28)24-18-6-5-17-11-21(27)31-20(17)12-18/h3-8,12,15H,9-11,13-14H2,1-2H3,(H,24,28)/t15-/m1/s1. The molecule has 0 spiro atoms. The molecule has 1 N–H and O–H groups in total. The molecule has 8 heteroatoms. The Kier molecular flexibility index (Phi) is 5.90. The number of carbonyl (C=O) groups excluding carboxylic acids is 3. The molecule has 4 rings (SSSR count). The van der Waals surface area contributed by atoms with Crippen molar-refractivity contribution in [2.24, 2.45) is 0 Å². The van der Waals surface area contributed by atoms with E-state index in [2.05, 4.69) is 10.2 Å². The summed E-state index contributed by atoms with van der Waals surface area (Å²) in [5.41, 5.74) is 3.38. The van der Waals surface area contributed by atoms with Crippen LogP contribution in [0.4, 0.5) is 11.4 Å². The summed E-state index contributed by atoms with van der Waals surface area (Å²) in [6.07, 6.45) is 0.222. The van der Waals surface area contributed by atoms with Crippen LogP contribution in [0.25, 0.3) is 0 Å². The number of hydrogen-bond donors (Lipinski definition) is 1. The predicted molar refractivity (Wildman–Crippen MR) is 115 cm³/mol. The van der Waals surface area contributed by atoms with E-state index in [1.807, 2.05) is 31.2 Å². The second kappa shape index (κ2) is 8.77. The van der Waals surface area contributed by atoms with Gasteiger partial charge in [-0.25, -0.2) is 0 Å². The first-order chi connectivity index (χ1) is 14.9. The van der Waals surface area contributed by atoms with Crippen LogP contribution in [0.5, 0.6) is 5.75 Å². The summed E-state index contributed by atoms with van der Waals surface area (Å²) in [6.45, 7) is 4.24. The van der Waals surface area contributed by atoms with Crippen molar-refractivity contribution in [3.8, 4) is 5.75 Å². The van der Waals surface area contributed by atoms with Gasteiger partial charge in [0.25, 0.3) is 0 Å².